The van der Waals surface area contributed by atoms with Gasteiger partial charge in [0.25, 0.3) is 0 Å². The smallest absolute Gasteiger partial charge is 0.116 e. The Morgan fingerprint density at radius 3 is 2.65 bits per heavy atom. The highest BCUT2D eigenvalue weighted by Gasteiger charge is 2.03. The molecular weight excluding hydrogens is 255 g/mol. The Balaban J connectivity index is 2.48. The fourth-order valence-electron chi connectivity index (χ4n) is 1.37. The van der Waals surface area contributed by atoms with E-state index in [0.29, 0.717) is 10.0 Å². The monoisotopic (exact) mass is 262 g/mol. The predicted molar refractivity (Wildman–Crippen MR) is 71.1 cm³/mol. The van der Waals surface area contributed by atoms with Crippen LogP contribution in [0.15, 0.2) is 42.9 Å². The Labute approximate surface area is 109 Å². The van der Waals surface area contributed by atoms with E-state index in [0.717, 1.165) is 17.0 Å². The number of hydrogen-bond acceptors (Lipinski definition) is 2. The highest BCUT2D eigenvalue weighted by atomic mass is 35.5. The van der Waals surface area contributed by atoms with Gasteiger partial charge in [-0.3, -0.25) is 0 Å². The SMILES string of the molecule is C=C=Cc1cc(-c2ccc(Cl)c(Cl)c2)ncn1. The molecule has 1 aromatic carbocycles. The van der Waals surface area contributed by atoms with Crippen molar-refractivity contribution in [2.75, 3.05) is 0 Å². The predicted octanol–water partition coefficient (Wildman–Crippen LogP) is 4.25. The molecule has 0 saturated heterocycles. The third-order valence-corrected chi connectivity index (χ3v) is 2.89. The number of benzene rings is 1. The molecule has 84 valence electrons. The van der Waals surface area contributed by atoms with Crippen LogP contribution in [0.3, 0.4) is 0 Å². The van der Waals surface area contributed by atoms with Gasteiger partial charge in [-0.2, -0.15) is 0 Å². The van der Waals surface area contributed by atoms with Crippen molar-refractivity contribution in [1.29, 1.82) is 0 Å². The maximum absolute atomic E-state index is 5.96. The Morgan fingerprint density at radius 1 is 1.12 bits per heavy atom. The second-order valence-corrected chi connectivity index (χ2v) is 4.12. The summed E-state index contributed by atoms with van der Waals surface area (Å²) in [4.78, 5) is 8.25. The van der Waals surface area contributed by atoms with Gasteiger partial charge in [0, 0.05) is 11.6 Å². The van der Waals surface area contributed by atoms with Crippen LogP contribution in [0.2, 0.25) is 10.0 Å². The molecule has 0 unspecified atom stereocenters. The molecule has 17 heavy (non-hydrogen) atoms. The van der Waals surface area contributed by atoms with E-state index in [9.17, 15) is 0 Å². The van der Waals surface area contributed by atoms with Gasteiger partial charge in [-0.05, 0) is 18.2 Å². The molecule has 2 rings (SSSR count). The average Bonchev–Trinajstić information content (AvgIpc) is 2.33. The lowest BCUT2D eigenvalue weighted by molar-refractivity contribution is 1.16. The summed E-state index contributed by atoms with van der Waals surface area (Å²) in [6.07, 6.45) is 3.17. The van der Waals surface area contributed by atoms with E-state index >= 15 is 0 Å². The third-order valence-electron chi connectivity index (χ3n) is 2.15. The molecule has 0 aliphatic rings. The fraction of sp³-hybridized carbons (Fsp3) is 0. The standard InChI is InChI=1S/C13H8Cl2N2/c1-2-3-10-7-13(17-8-16-10)9-4-5-11(14)12(15)6-9/h3-8H,1H2. The quantitative estimate of drug-likeness (QED) is 0.757. The number of hydrogen-bond donors (Lipinski definition) is 0. The van der Waals surface area contributed by atoms with Crippen molar-refractivity contribution < 1.29 is 0 Å². The first-order chi connectivity index (χ1) is 8.20. The minimum atomic E-state index is 0.503. The van der Waals surface area contributed by atoms with Gasteiger partial charge < -0.3 is 0 Å². The van der Waals surface area contributed by atoms with Crippen molar-refractivity contribution in [2.45, 2.75) is 0 Å². The lowest BCUT2D eigenvalue weighted by atomic mass is 10.1. The third kappa shape index (κ3) is 2.75. The van der Waals surface area contributed by atoms with Crippen LogP contribution in [0.25, 0.3) is 17.3 Å². The zero-order chi connectivity index (χ0) is 12.3. The Morgan fingerprint density at radius 2 is 1.94 bits per heavy atom. The van der Waals surface area contributed by atoms with Crippen molar-refractivity contribution in [2.24, 2.45) is 0 Å². The fourth-order valence-corrected chi connectivity index (χ4v) is 1.67. The van der Waals surface area contributed by atoms with E-state index in [1.807, 2.05) is 12.1 Å². The van der Waals surface area contributed by atoms with Crippen LogP contribution in [0.4, 0.5) is 0 Å². The number of nitrogens with zero attached hydrogens (tertiary/aromatic N) is 2. The van der Waals surface area contributed by atoms with E-state index in [1.165, 1.54) is 6.33 Å². The molecule has 0 fully saturated rings. The van der Waals surface area contributed by atoms with Crippen LogP contribution in [-0.2, 0) is 0 Å². The summed E-state index contributed by atoms with van der Waals surface area (Å²) >= 11 is 11.8. The highest BCUT2D eigenvalue weighted by molar-refractivity contribution is 6.42. The van der Waals surface area contributed by atoms with Crippen molar-refractivity contribution in [3.05, 3.63) is 58.6 Å². The number of halogens is 2. The number of aromatic nitrogens is 2. The van der Waals surface area contributed by atoms with E-state index in [-0.39, 0.29) is 0 Å². The van der Waals surface area contributed by atoms with E-state index in [2.05, 4.69) is 22.3 Å². The molecule has 0 aliphatic carbocycles. The molecule has 1 heterocycles. The van der Waals surface area contributed by atoms with Gasteiger partial charge in [-0.15, -0.1) is 5.73 Å². The molecular formula is C13H8Cl2N2. The first-order valence-corrected chi connectivity index (χ1v) is 5.59. The molecule has 4 heteroatoms. The van der Waals surface area contributed by atoms with Crippen LogP contribution >= 0.6 is 23.2 Å². The summed E-state index contributed by atoms with van der Waals surface area (Å²) < 4.78 is 0. The first kappa shape index (κ1) is 11.9. The van der Waals surface area contributed by atoms with E-state index in [1.54, 1.807) is 18.2 Å². The molecule has 0 aliphatic heterocycles. The van der Waals surface area contributed by atoms with Crippen LogP contribution in [-0.4, -0.2) is 9.97 Å². The number of rotatable bonds is 2. The minimum Gasteiger partial charge on any atom is -0.236 e. The summed E-state index contributed by atoms with van der Waals surface area (Å²) in [7, 11) is 0. The van der Waals surface area contributed by atoms with Gasteiger partial charge in [0.1, 0.15) is 6.33 Å². The van der Waals surface area contributed by atoms with Gasteiger partial charge in [0.2, 0.25) is 0 Å². The first-order valence-electron chi connectivity index (χ1n) is 4.84. The normalized spacial score (nSPS) is 9.76. The average molecular weight is 263 g/mol. The summed E-state index contributed by atoms with van der Waals surface area (Å²) in [6.45, 7) is 3.50. The van der Waals surface area contributed by atoms with Crippen LogP contribution in [0.1, 0.15) is 5.69 Å². The molecule has 0 radical (unpaired) electrons. The van der Waals surface area contributed by atoms with Gasteiger partial charge in [-0.1, -0.05) is 35.8 Å². The molecule has 0 saturated carbocycles. The van der Waals surface area contributed by atoms with E-state index in [4.69, 9.17) is 23.2 Å². The molecule has 2 nitrogen and oxygen atoms in total. The Bertz CT molecular complexity index is 602. The van der Waals surface area contributed by atoms with Crippen molar-refractivity contribution in [1.82, 2.24) is 9.97 Å². The molecule has 0 bridgehead atoms. The molecule has 2 aromatic rings. The Kier molecular flexibility index (Phi) is 3.60. The molecule has 0 N–H and O–H groups in total. The van der Waals surface area contributed by atoms with Gasteiger partial charge in [0.05, 0.1) is 21.4 Å². The molecule has 0 atom stereocenters. The maximum atomic E-state index is 5.96. The second-order valence-electron chi connectivity index (χ2n) is 3.31. The lowest BCUT2D eigenvalue weighted by Gasteiger charge is -2.03. The van der Waals surface area contributed by atoms with Gasteiger partial charge in [-0.25, -0.2) is 9.97 Å². The van der Waals surface area contributed by atoms with Crippen molar-refractivity contribution in [3.63, 3.8) is 0 Å². The van der Waals surface area contributed by atoms with Gasteiger partial charge in [0.15, 0.2) is 0 Å². The van der Waals surface area contributed by atoms with Crippen LogP contribution in [0, 0.1) is 0 Å². The zero-order valence-corrected chi connectivity index (χ0v) is 10.3. The largest absolute Gasteiger partial charge is 0.236 e. The molecule has 1 aromatic heterocycles. The van der Waals surface area contributed by atoms with Crippen molar-refractivity contribution >= 4 is 29.3 Å². The summed E-state index contributed by atoms with van der Waals surface area (Å²) in [5, 5.41) is 1.03. The second kappa shape index (κ2) is 5.15. The summed E-state index contributed by atoms with van der Waals surface area (Å²) in [5.41, 5.74) is 5.08. The van der Waals surface area contributed by atoms with Crippen LogP contribution in [0.5, 0.6) is 0 Å². The highest BCUT2D eigenvalue weighted by Crippen LogP contribution is 2.27. The minimum absolute atomic E-state index is 0.503. The molecule has 0 amide bonds. The van der Waals surface area contributed by atoms with Gasteiger partial charge >= 0.3 is 0 Å². The van der Waals surface area contributed by atoms with E-state index < -0.39 is 0 Å². The lowest BCUT2D eigenvalue weighted by Crippen LogP contribution is -1.88. The maximum Gasteiger partial charge on any atom is 0.116 e. The zero-order valence-electron chi connectivity index (χ0n) is 8.82. The van der Waals surface area contributed by atoms with Crippen LogP contribution < -0.4 is 0 Å². The summed E-state index contributed by atoms with van der Waals surface area (Å²) in [6, 6.07) is 7.20. The topological polar surface area (TPSA) is 25.8 Å². The molecule has 0 spiro atoms. The summed E-state index contributed by atoms with van der Waals surface area (Å²) in [5.74, 6) is 0. The Hall–Kier alpha value is -1.60. The van der Waals surface area contributed by atoms with Crippen molar-refractivity contribution in [3.8, 4) is 11.3 Å².